The molecule has 5 heteroatoms. The fraction of sp³-hybridized carbons (Fsp3) is 0.571. The van der Waals surface area contributed by atoms with Crippen molar-refractivity contribution in [3.63, 3.8) is 0 Å². The summed E-state index contributed by atoms with van der Waals surface area (Å²) in [6.45, 7) is 8.46. The van der Waals surface area contributed by atoms with Crippen LogP contribution in [0.25, 0.3) is 0 Å². The third-order valence-corrected chi connectivity index (χ3v) is 3.10. The maximum atomic E-state index is 10.9. The van der Waals surface area contributed by atoms with Crippen molar-refractivity contribution in [2.45, 2.75) is 20.4 Å². The number of nitrogens with zero attached hydrogens (tertiary/aromatic N) is 3. The monoisotopic (exact) mass is 265 g/mol. The number of rotatable bonds is 9. The Hall–Kier alpha value is -1.46. The van der Waals surface area contributed by atoms with Gasteiger partial charge in [-0.2, -0.15) is 0 Å². The van der Waals surface area contributed by atoms with E-state index >= 15 is 0 Å². The number of pyridine rings is 1. The molecule has 0 fully saturated rings. The molecule has 0 saturated heterocycles. The lowest BCUT2D eigenvalue weighted by Gasteiger charge is -2.24. The van der Waals surface area contributed by atoms with Gasteiger partial charge in [0, 0.05) is 25.8 Å². The minimum Gasteiger partial charge on any atom is -0.480 e. The Balaban J connectivity index is 2.54. The van der Waals surface area contributed by atoms with E-state index in [4.69, 9.17) is 5.11 Å². The minimum atomic E-state index is -0.796. The highest BCUT2D eigenvalue weighted by Gasteiger charge is 2.12. The molecule has 0 aliphatic rings. The first kappa shape index (κ1) is 15.6. The summed E-state index contributed by atoms with van der Waals surface area (Å²) in [6.07, 6.45) is 1.73. The summed E-state index contributed by atoms with van der Waals surface area (Å²) in [5, 5.41) is 8.97. The van der Waals surface area contributed by atoms with Crippen LogP contribution in [0.15, 0.2) is 24.4 Å². The molecule has 5 nitrogen and oxygen atoms in total. The van der Waals surface area contributed by atoms with Crippen LogP contribution < -0.4 is 0 Å². The molecule has 1 heterocycles. The second-order valence-corrected chi connectivity index (χ2v) is 4.45. The zero-order valence-electron chi connectivity index (χ0n) is 11.7. The zero-order chi connectivity index (χ0) is 14.1. The van der Waals surface area contributed by atoms with Gasteiger partial charge in [0.05, 0.1) is 12.2 Å². The van der Waals surface area contributed by atoms with Crippen molar-refractivity contribution in [2.24, 2.45) is 0 Å². The molecule has 0 aromatic carbocycles. The van der Waals surface area contributed by atoms with Crippen LogP contribution in [0.2, 0.25) is 0 Å². The van der Waals surface area contributed by atoms with Crippen LogP contribution in [0.5, 0.6) is 0 Å². The molecule has 0 aliphatic carbocycles. The van der Waals surface area contributed by atoms with Gasteiger partial charge in [-0.1, -0.05) is 19.9 Å². The number of aliphatic carboxylic acids is 1. The molecule has 1 rings (SSSR count). The summed E-state index contributed by atoms with van der Waals surface area (Å²) >= 11 is 0. The highest BCUT2D eigenvalue weighted by molar-refractivity contribution is 5.69. The Morgan fingerprint density at radius 1 is 1.21 bits per heavy atom. The maximum absolute atomic E-state index is 10.9. The molecule has 0 bridgehead atoms. The number of carboxylic acid groups (broad SMARTS) is 1. The molecule has 0 saturated carbocycles. The van der Waals surface area contributed by atoms with E-state index < -0.39 is 5.97 Å². The molecule has 0 aliphatic heterocycles. The first-order valence-corrected chi connectivity index (χ1v) is 6.72. The van der Waals surface area contributed by atoms with Gasteiger partial charge >= 0.3 is 5.97 Å². The predicted molar refractivity (Wildman–Crippen MR) is 74.9 cm³/mol. The van der Waals surface area contributed by atoms with Crippen LogP contribution in [0.1, 0.15) is 19.5 Å². The van der Waals surface area contributed by atoms with Crippen molar-refractivity contribution in [1.29, 1.82) is 0 Å². The van der Waals surface area contributed by atoms with E-state index in [0.717, 1.165) is 31.9 Å². The standard InChI is InChI=1S/C14H23N3O2/c1-3-16(4-2)9-10-17(12-14(18)19)11-13-7-5-6-8-15-13/h5-8H,3-4,9-12H2,1-2H3,(H,18,19). The molecule has 0 spiro atoms. The average molecular weight is 265 g/mol. The summed E-state index contributed by atoms with van der Waals surface area (Å²) in [6, 6.07) is 5.71. The quantitative estimate of drug-likeness (QED) is 0.729. The zero-order valence-corrected chi connectivity index (χ0v) is 11.7. The van der Waals surface area contributed by atoms with Gasteiger partial charge in [-0.05, 0) is 25.2 Å². The molecule has 1 aromatic rings. The van der Waals surface area contributed by atoms with Crippen molar-refractivity contribution in [3.05, 3.63) is 30.1 Å². The second kappa shape index (κ2) is 8.61. The van der Waals surface area contributed by atoms with Crippen LogP contribution >= 0.6 is 0 Å². The second-order valence-electron chi connectivity index (χ2n) is 4.45. The maximum Gasteiger partial charge on any atom is 0.317 e. The predicted octanol–water partition coefficient (Wildman–Crippen LogP) is 1.31. The number of hydrogen-bond acceptors (Lipinski definition) is 4. The Morgan fingerprint density at radius 2 is 1.89 bits per heavy atom. The number of carbonyl (C=O) groups is 1. The molecule has 0 unspecified atom stereocenters. The summed E-state index contributed by atoms with van der Waals surface area (Å²) < 4.78 is 0. The van der Waals surface area contributed by atoms with Crippen molar-refractivity contribution in [2.75, 3.05) is 32.7 Å². The topological polar surface area (TPSA) is 56.7 Å². The van der Waals surface area contributed by atoms with Crippen LogP contribution in [-0.2, 0) is 11.3 Å². The van der Waals surface area contributed by atoms with E-state index in [1.807, 2.05) is 23.1 Å². The van der Waals surface area contributed by atoms with Crippen LogP contribution in [0.3, 0.4) is 0 Å². The van der Waals surface area contributed by atoms with Crippen LogP contribution in [-0.4, -0.2) is 58.6 Å². The first-order valence-electron chi connectivity index (χ1n) is 6.72. The molecule has 106 valence electrons. The van der Waals surface area contributed by atoms with Gasteiger partial charge in [0.15, 0.2) is 0 Å². The largest absolute Gasteiger partial charge is 0.480 e. The smallest absolute Gasteiger partial charge is 0.317 e. The molecule has 0 atom stereocenters. The van der Waals surface area contributed by atoms with E-state index in [2.05, 4.69) is 23.7 Å². The lowest BCUT2D eigenvalue weighted by Crippen LogP contribution is -2.37. The highest BCUT2D eigenvalue weighted by atomic mass is 16.4. The van der Waals surface area contributed by atoms with Gasteiger partial charge in [0.1, 0.15) is 0 Å². The molecular formula is C14H23N3O2. The number of likely N-dealkylation sites (N-methyl/N-ethyl adjacent to an activating group) is 1. The summed E-state index contributed by atoms with van der Waals surface area (Å²) in [5.74, 6) is -0.796. The number of carboxylic acids is 1. The van der Waals surface area contributed by atoms with E-state index in [1.165, 1.54) is 0 Å². The van der Waals surface area contributed by atoms with Gasteiger partial charge < -0.3 is 10.0 Å². The van der Waals surface area contributed by atoms with Gasteiger partial charge in [0.25, 0.3) is 0 Å². The van der Waals surface area contributed by atoms with Crippen LogP contribution in [0, 0.1) is 0 Å². The molecule has 19 heavy (non-hydrogen) atoms. The molecule has 1 N–H and O–H groups in total. The summed E-state index contributed by atoms with van der Waals surface area (Å²) in [5.41, 5.74) is 0.906. The fourth-order valence-corrected chi connectivity index (χ4v) is 1.95. The van der Waals surface area contributed by atoms with E-state index in [-0.39, 0.29) is 6.54 Å². The third kappa shape index (κ3) is 6.31. The lowest BCUT2D eigenvalue weighted by atomic mass is 10.3. The Kier molecular flexibility index (Phi) is 7.07. The van der Waals surface area contributed by atoms with Gasteiger partial charge in [0.2, 0.25) is 0 Å². The first-order chi connectivity index (χ1) is 9.15. The SMILES string of the molecule is CCN(CC)CCN(CC(=O)O)Cc1ccccn1. The van der Waals surface area contributed by atoms with E-state index in [9.17, 15) is 4.79 Å². The third-order valence-electron chi connectivity index (χ3n) is 3.10. The van der Waals surface area contributed by atoms with Gasteiger partial charge in [-0.15, -0.1) is 0 Å². The highest BCUT2D eigenvalue weighted by Crippen LogP contribution is 2.01. The normalized spacial score (nSPS) is 11.2. The number of hydrogen-bond donors (Lipinski definition) is 1. The van der Waals surface area contributed by atoms with Gasteiger partial charge in [-0.25, -0.2) is 0 Å². The minimum absolute atomic E-state index is 0.0534. The molecule has 0 amide bonds. The molecule has 0 radical (unpaired) electrons. The number of aromatic nitrogens is 1. The van der Waals surface area contributed by atoms with Crippen molar-refractivity contribution >= 4 is 5.97 Å². The van der Waals surface area contributed by atoms with E-state index in [0.29, 0.717) is 6.54 Å². The Morgan fingerprint density at radius 3 is 2.42 bits per heavy atom. The molecule has 1 aromatic heterocycles. The average Bonchev–Trinajstić information content (AvgIpc) is 2.40. The Bertz CT molecular complexity index is 366. The van der Waals surface area contributed by atoms with Crippen molar-refractivity contribution in [3.8, 4) is 0 Å². The van der Waals surface area contributed by atoms with Crippen molar-refractivity contribution in [1.82, 2.24) is 14.8 Å². The van der Waals surface area contributed by atoms with Crippen LogP contribution in [0.4, 0.5) is 0 Å². The molecular weight excluding hydrogens is 242 g/mol. The van der Waals surface area contributed by atoms with E-state index in [1.54, 1.807) is 6.20 Å². The van der Waals surface area contributed by atoms with Gasteiger partial charge in [-0.3, -0.25) is 14.7 Å². The summed E-state index contributed by atoms with van der Waals surface area (Å²) in [4.78, 5) is 19.4. The summed E-state index contributed by atoms with van der Waals surface area (Å²) in [7, 11) is 0. The Labute approximate surface area is 114 Å². The van der Waals surface area contributed by atoms with Crippen molar-refractivity contribution < 1.29 is 9.90 Å². The lowest BCUT2D eigenvalue weighted by molar-refractivity contribution is -0.138. The fourth-order valence-electron chi connectivity index (χ4n) is 1.95.